The first-order valence-corrected chi connectivity index (χ1v) is 13.3. The molecule has 208 valence electrons. The van der Waals surface area contributed by atoms with E-state index in [4.69, 9.17) is 0 Å². The van der Waals surface area contributed by atoms with E-state index in [1.165, 1.54) is 16.4 Å². The maximum atomic E-state index is 13.2. The lowest BCUT2D eigenvalue weighted by atomic mass is 10.1. The van der Waals surface area contributed by atoms with Crippen molar-refractivity contribution in [3.05, 3.63) is 82.9 Å². The minimum Gasteiger partial charge on any atom is -0.384 e. The Bertz CT molecular complexity index is 1590. The van der Waals surface area contributed by atoms with Gasteiger partial charge in [0.05, 0.1) is 12.2 Å². The van der Waals surface area contributed by atoms with Crippen molar-refractivity contribution < 1.29 is 9.90 Å². The summed E-state index contributed by atoms with van der Waals surface area (Å²) >= 11 is 0. The number of hydrogen-bond donors (Lipinski definition) is 2. The number of aliphatic hydroxyl groups is 1. The van der Waals surface area contributed by atoms with Gasteiger partial charge in [-0.05, 0) is 43.7 Å². The lowest BCUT2D eigenvalue weighted by Gasteiger charge is -2.34. The number of pyridine rings is 1. The number of allylic oxidation sites excluding steroid dienone is 1. The highest BCUT2D eigenvalue weighted by molar-refractivity contribution is 5.77. The largest absolute Gasteiger partial charge is 0.384 e. The minimum absolute atomic E-state index is 0.128. The van der Waals surface area contributed by atoms with Crippen molar-refractivity contribution >= 4 is 28.6 Å². The zero-order chi connectivity index (χ0) is 28.4. The van der Waals surface area contributed by atoms with E-state index in [1.807, 2.05) is 17.0 Å². The van der Waals surface area contributed by atoms with Gasteiger partial charge in [0.1, 0.15) is 11.0 Å². The molecule has 5 rings (SSSR count). The van der Waals surface area contributed by atoms with Gasteiger partial charge in [-0.25, -0.2) is 19.3 Å². The Morgan fingerprint density at radius 1 is 1.10 bits per heavy atom. The summed E-state index contributed by atoms with van der Waals surface area (Å²) < 4.78 is 3.13. The molecule has 0 saturated carbocycles. The smallest absolute Gasteiger partial charge is 0.278 e. The number of aromatic nitrogens is 5. The third-order valence-electron chi connectivity index (χ3n) is 6.99. The van der Waals surface area contributed by atoms with Gasteiger partial charge in [0.2, 0.25) is 11.9 Å². The fourth-order valence-electron chi connectivity index (χ4n) is 4.79. The molecule has 3 aromatic heterocycles. The highest BCUT2D eigenvalue weighted by atomic mass is 16.3. The average Bonchev–Trinajstić information content (AvgIpc) is 3.20. The normalized spacial score (nSPS) is 14.4. The van der Waals surface area contributed by atoms with Gasteiger partial charge in [-0.3, -0.25) is 14.5 Å². The third-order valence-corrected chi connectivity index (χ3v) is 6.99. The van der Waals surface area contributed by atoms with Crippen LogP contribution >= 0.6 is 0 Å². The lowest BCUT2D eigenvalue weighted by molar-refractivity contribution is -0.130. The van der Waals surface area contributed by atoms with Crippen LogP contribution < -0.4 is 10.9 Å². The van der Waals surface area contributed by atoms with Crippen molar-refractivity contribution in [1.82, 2.24) is 34.1 Å². The number of rotatable bonds is 8. The van der Waals surface area contributed by atoms with Crippen LogP contribution in [0.3, 0.4) is 0 Å². The molecule has 2 N–H and O–H groups in total. The van der Waals surface area contributed by atoms with Gasteiger partial charge in [0.15, 0.2) is 11.5 Å². The number of piperazine rings is 1. The Kier molecular flexibility index (Phi) is 7.51. The average molecular weight is 543 g/mol. The van der Waals surface area contributed by atoms with E-state index in [9.17, 15) is 14.7 Å². The van der Waals surface area contributed by atoms with E-state index in [0.717, 1.165) is 38.4 Å². The Morgan fingerprint density at radius 2 is 1.82 bits per heavy atom. The topological polar surface area (TPSA) is 121 Å². The highest BCUT2D eigenvalue weighted by Gasteiger charge is 2.22. The maximum absolute atomic E-state index is 13.2. The third kappa shape index (κ3) is 5.65. The number of anilines is 2. The standard InChI is InChI=1S/C29H34N8O3/c1-5-13-36-27(39)23-18-30-28(33-26(23)37(36)25-8-6-7-24(32-25)29(3,4)40)31-22-11-9-21(10-12-22)19-34-14-16-35(17-15-34)20(2)38/h5-12,18,40H,1,13-17,19H2,2-4H3,(H,30,31,33). The van der Waals surface area contributed by atoms with Crippen LogP contribution in [0.1, 0.15) is 32.0 Å². The number of amides is 1. The van der Waals surface area contributed by atoms with Gasteiger partial charge in [-0.2, -0.15) is 4.98 Å². The fourth-order valence-corrected chi connectivity index (χ4v) is 4.79. The molecule has 1 aromatic carbocycles. The lowest BCUT2D eigenvalue weighted by Crippen LogP contribution is -2.47. The number of hydrogen-bond acceptors (Lipinski definition) is 8. The summed E-state index contributed by atoms with van der Waals surface area (Å²) in [5.74, 6) is 0.916. The van der Waals surface area contributed by atoms with Crippen molar-refractivity contribution in [3.63, 3.8) is 0 Å². The van der Waals surface area contributed by atoms with Crippen LogP contribution in [0.4, 0.5) is 11.6 Å². The molecule has 0 unspecified atom stereocenters. The fraction of sp³-hybridized carbons (Fsp3) is 0.345. The van der Waals surface area contributed by atoms with Gasteiger partial charge in [-0.15, -0.1) is 6.58 Å². The second-order valence-corrected chi connectivity index (χ2v) is 10.5. The zero-order valence-electron chi connectivity index (χ0n) is 23.0. The molecule has 0 radical (unpaired) electrons. The molecule has 4 aromatic rings. The first kappa shape index (κ1) is 27.2. The predicted octanol–water partition coefficient (Wildman–Crippen LogP) is 2.80. The van der Waals surface area contributed by atoms with Crippen LogP contribution in [-0.4, -0.2) is 71.3 Å². The number of carbonyl (C=O) groups excluding carboxylic acids is 1. The van der Waals surface area contributed by atoms with Crippen molar-refractivity contribution in [3.8, 4) is 5.82 Å². The first-order chi connectivity index (χ1) is 19.1. The molecule has 4 heterocycles. The molecule has 1 amide bonds. The van der Waals surface area contributed by atoms with Gasteiger partial charge in [0, 0.05) is 51.5 Å². The zero-order valence-corrected chi connectivity index (χ0v) is 23.0. The number of carbonyl (C=O) groups is 1. The van der Waals surface area contributed by atoms with Gasteiger partial charge >= 0.3 is 0 Å². The van der Waals surface area contributed by atoms with Crippen LogP contribution in [0.15, 0.2) is 66.1 Å². The molecule has 1 saturated heterocycles. The number of nitrogens with zero attached hydrogens (tertiary/aromatic N) is 7. The van der Waals surface area contributed by atoms with Crippen LogP contribution in [0.2, 0.25) is 0 Å². The molecule has 40 heavy (non-hydrogen) atoms. The quantitative estimate of drug-likeness (QED) is 0.326. The Morgan fingerprint density at radius 3 is 2.48 bits per heavy atom. The van der Waals surface area contributed by atoms with E-state index in [0.29, 0.717) is 28.5 Å². The van der Waals surface area contributed by atoms with Gasteiger partial charge in [-0.1, -0.05) is 24.3 Å². The molecule has 11 heteroatoms. The summed E-state index contributed by atoms with van der Waals surface area (Å²) in [4.78, 5) is 42.7. The number of benzene rings is 1. The molecule has 0 spiro atoms. The Labute approximate surface area is 232 Å². The van der Waals surface area contributed by atoms with Crippen LogP contribution in [0.5, 0.6) is 0 Å². The predicted molar refractivity (Wildman–Crippen MR) is 154 cm³/mol. The monoisotopic (exact) mass is 542 g/mol. The summed E-state index contributed by atoms with van der Waals surface area (Å²) in [6.07, 6.45) is 3.14. The highest BCUT2D eigenvalue weighted by Crippen LogP contribution is 2.22. The molecule has 1 fully saturated rings. The molecule has 1 aliphatic heterocycles. The molecular formula is C29H34N8O3. The molecule has 0 atom stereocenters. The molecule has 0 aliphatic carbocycles. The van der Waals surface area contributed by atoms with Crippen LogP contribution in [-0.2, 0) is 23.5 Å². The molecular weight excluding hydrogens is 508 g/mol. The van der Waals surface area contributed by atoms with E-state index in [2.05, 4.69) is 43.9 Å². The Balaban J connectivity index is 1.40. The van der Waals surface area contributed by atoms with Crippen LogP contribution in [0.25, 0.3) is 16.9 Å². The summed E-state index contributed by atoms with van der Waals surface area (Å²) in [5, 5.41) is 14.1. The Hall–Kier alpha value is -4.35. The van der Waals surface area contributed by atoms with Crippen LogP contribution in [0, 0.1) is 0 Å². The maximum Gasteiger partial charge on any atom is 0.278 e. The van der Waals surface area contributed by atoms with E-state index in [1.54, 1.807) is 49.7 Å². The second-order valence-electron chi connectivity index (χ2n) is 10.5. The minimum atomic E-state index is -1.15. The van der Waals surface area contributed by atoms with Gasteiger partial charge < -0.3 is 15.3 Å². The van der Waals surface area contributed by atoms with Gasteiger partial charge in [0.25, 0.3) is 5.56 Å². The van der Waals surface area contributed by atoms with E-state index in [-0.39, 0.29) is 18.0 Å². The van der Waals surface area contributed by atoms with Crippen molar-refractivity contribution in [2.75, 3.05) is 31.5 Å². The van der Waals surface area contributed by atoms with Crippen molar-refractivity contribution in [1.29, 1.82) is 0 Å². The van der Waals surface area contributed by atoms with Crippen molar-refractivity contribution in [2.45, 2.75) is 39.5 Å². The van der Waals surface area contributed by atoms with E-state index >= 15 is 0 Å². The number of nitrogens with one attached hydrogen (secondary N) is 1. The summed E-state index contributed by atoms with van der Waals surface area (Å²) in [6, 6.07) is 13.3. The summed E-state index contributed by atoms with van der Waals surface area (Å²) in [7, 11) is 0. The van der Waals surface area contributed by atoms with Crippen molar-refractivity contribution in [2.24, 2.45) is 0 Å². The number of fused-ring (bicyclic) bond motifs is 1. The summed E-state index contributed by atoms with van der Waals surface area (Å²) in [5.41, 5.74) is 1.44. The SMILES string of the molecule is C=CCn1c(=O)c2cnc(Nc3ccc(CN4CCN(C(C)=O)CC4)cc3)nc2n1-c1cccc(C(C)(C)O)n1. The second kappa shape index (κ2) is 11.0. The van der Waals surface area contributed by atoms with E-state index < -0.39 is 5.60 Å². The molecule has 1 aliphatic rings. The molecule has 0 bridgehead atoms. The molecule has 11 nitrogen and oxygen atoms in total. The first-order valence-electron chi connectivity index (χ1n) is 13.3. The summed E-state index contributed by atoms with van der Waals surface area (Å²) in [6.45, 7) is 13.0.